The molecule has 134 valence electrons. The van der Waals surface area contributed by atoms with Crippen molar-refractivity contribution in [2.45, 2.75) is 19.9 Å². The topological polar surface area (TPSA) is 81.7 Å². The van der Waals surface area contributed by atoms with Gasteiger partial charge in [-0.05, 0) is 49.2 Å². The summed E-state index contributed by atoms with van der Waals surface area (Å²) in [4.78, 5) is 26.6. The van der Waals surface area contributed by atoms with E-state index in [1.165, 1.54) is 17.0 Å². The minimum absolute atomic E-state index is 0.125. The Balaban J connectivity index is 1.99. The molecule has 1 heterocycles. The maximum Gasteiger partial charge on any atom is 0.322 e. The van der Waals surface area contributed by atoms with Crippen LogP contribution in [0.15, 0.2) is 59.8 Å². The Kier molecular flexibility index (Phi) is 4.67. The van der Waals surface area contributed by atoms with Crippen LogP contribution < -0.4 is 10.6 Å². The van der Waals surface area contributed by atoms with Gasteiger partial charge in [0.2, 0.25) is 0 Å². The van der Waals surface area contributed by atoms with E-state index in [-0.39, 0.29) is 17.7 Å². The number of carbonyl (C=O) groups excluding carboxylic acids is 2. The number of benzene rings is 2. The average Bonchev–Trinajstić information content (AvgIpc) is 2.60. The molecule has 1 unspecified atom stereocenters. The molecular weight excluding hydrogens is 330 g/mol. The van der Waals surface area contributed by atoms with Gasteiger partial charge >= 0.3 is 6.03 Å². The van der Waals surface area contributed by atoms with Crippen LogP contribution in [0, 0.1) is 6.92 Å². The number of phenols is 1. The van der Waals surface area contributed by atoms with Crippen LogP contribution in [-0.4, -0.2) is 29.0 Å². The van der Waals surface area contributed by atoms with Crippen LogP contribution in [0.25, 0.3) is 0 Å². The van der Waals surface area contributed by atoms with Crippen molar-refractivity contribution in [1.29, 1.82) is 0 Å². The summed E-state index contributed by atoms with van der Waals surface area (Å²) < 4.78 is 0. The number of amides is 3. The van der Waals surface area contributed by atoms with Crippen molar-refractivity contribution in [2.75, 3.05) is 12.4 Å². The van der Waals surface area contributed by atoms with Crippen molar-refractivity contribution in [1.82, 2.24) is 10.2 Å². The number of nitrogens with one attached hydrogen (secondary N) is 2. The molecule has 2 aromatic rings. The van der Waals surface area contributed by atoms with Crippen LogP contribution in [0.5, 0.6) is 5.75 Å². The van der Waals surface area contributed by atoms with E-state index in [2.05, 4.69) is 10.6 Å². The quantitative estimate of drug-likeness (QED) is 0.793. The number of nitrogens with zero attached hydrogens (tertiary/aromatic N) is 1. The largest absolute Gasteiger partial charge is 0.508 e. The number of hydrogen-bond acceptors (Lipinski definition) is 3. The van der Waals surface area contributed by atoms with Crippen LogP contribution in [0.3, 0.4) is 0 Å². The molecule has 0 saturated carbocycles. The third-order valence-electron chi connectivity index (χ3n) is 4.50. The van der Waals surface area contributed by atoms with Gasteiger partial charge in [-0.3, -0.25) is 4.79 Å². The molecule has 3 amide bonds. The first kappa shape index (κ1) is 17.5. The van der Waals surface area contributed by atoms with Gasteiger partial charge in [-0.15, -0.1) is 0 Å². The zero-order valence-corrected chi connectivity index (χ0v) is 14.9. The number of rotatable bonds is 3. The highest BCUT2D eigenvalue weighted by atomic mass is 16.3. The zero-order valence-electron chi connectivity index (χ0n) is 14.9. The first-order chi connectivity index (χ1) is 12.4. The molecule has 6 heteroatoms. The van der Waals surface area contributed by atoms with Crippen molar-refractivity contribution in [3.05, 3.63) is 70.9 Å². The Morgan fingerprint density at radius 1 is 1.15 bits per heavy atom. The lowest BCUT2D eigenvalue weighted by Gasteiger charge is -2.33. The monoisotopic (exact) mass is 351 g/mol. The van der Waals surface area contributed by atoms with E-state index in [1.54, 1.807) is 26.1 Å². The van der Waals surface area contributed by atoms with E-state index in [1.807, 2.05) is 31.2 Å². The zero-order chi connectivity index (χ0) is 18.8. The van der Waals surface area contributed by atoms with Crippen molar-refractivity contribution in [3.63, 3.8) is 0 Å². The summed E-state index contributed by atoms with van der Waals surface area (Å²) in [5.74, 6) is -0.155. The SMILES string of the molecule is CC1=C(C(=O)Nc2cccc(C)c2)C(c2ccc(O)cc2)NC(=O)N1C. The lowest BCUT2D eigenvalue weighted by atomic mass is 9.94. The Bertz CT molecular complexity index is 887. The first-order valence-corrected chi connectivity index (χ1v) is 8.29. The Hall–Kier alpha value is -3.28. The van der Waals surface area contributed by atoms with Crippen LogP contribution in [0.1, 0.15) is 24.1 Å². The number of hydrogen-bond donors (Lipinski definition) is 3. The highest BCUT2D eigenvalue weighted by molar-refractivity contribution is 6.06. The Morgan fingerprint density at radius 2 is 1.85 bits per heavy atom. The fraction of sp³-hybridized carbons (Fsp3) is 0.200. The fourth-order valence-electron chi connectivity index (χ4n) is 2.97. The molecule has 0 aliphatic carbocycles. The molecule has 0 spiro atoms. The summed E-state index contributed by atoms with van der Waals surface area (Å²) in [6.45, 7) is 3.70. The van der Waals surface area contributed by atoms with Gasteiger partial charge in [0.25, 0.3) is 5.91 Å². The second-order valence-corrected chi connectivity index (χ2v) is 6.36. The molecule has 0 bridgehead atoms. The van der Waals surface area contributed by atoms with E-state index in [4.69, 9.17) is 0 Å². The van der Waals surface area contributed by atoms with Gasteiger partial charge in [-0.1, -0.05) is 24.3 Å². The van der Waals surface area contributed by atoms with E-state index in [9.17, 15) is 14.7 Å². The fourth-order valence-corrected chi connectivity index (χ4v) is 2.97. The predicted molar refractivity (Wildman–Crippen MR) is 99.7 cm³/mol. The van der Waals surface area contributed by atoms with E-state index >= 15 is 0 Å². The lowest BCUT2D eigenvalue weighted by molar-refractivity contribution is -0.113. The van der Waals surface area contributed by atoms with Crippen molar-refractivity contribution >= 4 is 17.6 Å². The molecule has 0 aromatic heterocycles. The summed E-state index contributed by atoms with van der Waals surface area (Å²) in [5, 5.41) is 15.3. The van der Waals surface area contributed by atoms with Gasteiger partial charge in [0.1, 0.15) is 5.75 Å². The van der Waals surface area contributed by atoms with Crippen LogP contribution >= 0.6 is 0 Å². The number of phenolic OH excluding ortho intramolecular Hbond substituents is 1. The standard InChI is InChI=1S/C20H21N3O3/c1-12-5-4-6-15(11-12)21-19(25)17-13(2)23(3)20(26)22-18(17)14-7-9-16(24)10-8-14/h4-11,18,24H,1-3H3,(H,21,25)(H,22,26). The molecule has 1 atom stereocenters. The van der Waals surface area contributed by atoms with Gasteiger partial charge in [0.15, 0.2) is 0 Å². The molecule has 6 nitrogen and oxygen atoms in total. The molecular formula is C20H21N3O3. The molecule has 1 aliphatic rings. The molecule has 0 fully saturated rings. The maximum atomic E-state index is 13.0. The van der Waals surface area contributed by atoms with Gasteiger partial charge in [-0.25, -0.2) is 4.79 Å². The van der Waals surface area contributed by atoms with Crippen LogP contribution in [0.4, 0.5) is 10.5 Å². The number of urea groups is 1. The average molecular weight is 351 g/mol. The summed E-state index contributed by atoms with van der Waals surface area (Å²) in [6, 6.07) is 13.1. The van der Waals surface area contributed by atoms with E-state index in [0.29, 0.717) is 17.0 Å². The van der Waals surface area contributed by atoms with Gasteiger partial charge in [0, 0.05) is 18.4 Å². The molecule has 3 N–H and O–H groups in total. The Morgan fingerprint density at radius 3 is 2.50 bits per heavy atom. The highest BCUT2D eigenvalue weighted by Gasteiger charge is 2.34. The predicted octanol–water partition coefficient (Wildman–Crippen LogP) is 3.31. The smallest absolute Gasteiger partial charge is 0.322 e. The van der Waals surface area contributed by atoms with E-state index < -0.39 is 6.04 Å². The van der Waals surface area contributed by atoms with E-state index in [0.717, 1.165) is 11.1 Å². The number of carbonyl (C=O) groups is 2. The van der Waals surface area contributed by atoms with Crippen molar-refractivity contribution < 1.29 is 14.7 Å². The van der Waals surface area contributed by atoms with Gasteiger partial charge in [-0.2, -0.15) is 0 Å². The molecule has 1 aliphatic heterocycles. The third kappa shape index (κ3) is 3.39. The number of anilines is 1. The second kappa shape index (κ2) is 6.92. The van der Waals surface area contributed by atoms with Crippen LogP contribution in [-0.2, 0) is 4.79 Å². The molecule has 2 aromatic carbocycles. The van der Waals surface area contributed by atoms with Gasteiger partial charge in [0.05, 0.1) is 11.6 Å². The highest BCUT2D eigenvalue weighted by Crippen LogP contribution is 2.31. The lowest BCUT2D eigenvalue weighted by Crippen LogP contribution is -2.46. The van der Waals surface area contributed by atoms with Crippen molar-refractivity contribution in [2.24, 2.45) is 0 Å². The van der Waals surface area contributed by atoms with Gasteiger partial charge < -0.3 is 20.6 Å². The number of aromatic hydroxyl groups is 1. The van der Waals surface area contributed by atoms with Crippen molar-refractivity contribution in [3.8, 4) is 5.75 Å². The summed E-state index contributed by atoms with van der Waals surface area (Å²) in [7, 11) is 1.62. The molecule has 0 saturated heterocycles. The molecule has 3 rings (SSSR count). The normalized spacial score (nSPS) is 17.1. The summed E-state index contributed by atoms with van der Waals surface area (Å²) in [6.07, 6.45) is 0. The molecule has 0 radical (unpaired) electrons. The summed E-state index contributed by atoms with van der Waals surface area (Å²) >= 11 is 0. The third-order valence-corrected chi connectivity index (χ3v) is 4.50. The molecule has 26 heavy (non-hydrogen) atoms. The van der Waals surface area contributed by atoms with Crippen LogP contribution in [0.2, 0.25) is 0 Å². The second-order valence-electron chi connectivity index (χ2n) is 6.36. The first-order valence-electron chi connectivity index (χ1n) is 8.29. The minimum Gasteiger partial charge on any atom is -0.508 e. The minimum atomic E-state index is -0.593. The number of aryl methyl sites for hydroxylation is 1. The summed E-state index contributed by atoms with van der Waals surface area (Å²) in [5.41, 5.74) is 3.49. The Labute approximate surface area is 152 Å². The number of allylic oxidation sites excluding steroid dienone is 1. The maximum absolute atomic E-state index is 13.0.